The maximum atomic E-state index is 13.4. The molecule has 11 heteroatoms. The van der Waals surface area contributed by atoms with Gasteiger partial charge in [0.1, 0.15) is 17.1 Å². The fraction of sp³-hybridized carbons (Fsp3) is 0.214. The summed E-state index contributed by atoms with van der Waals surface area (Å²) in [7, 11) is 3.17. The number of para-hydroxylation sites is 2. The number of amides is 2. The molecule has 0 saturated heterocycles. The fourth-order valence-electron chi connectivity index (χ4n) is 4.33. The predicted molar refractivity (Wildman–Crippen MR) is 157 cm³/mol. The summed E-state index contributed by atoms with van der Waals surface area (Å²) in [4.78, 5) is 40.2. The molecule has 0 saturated carbocycles. The molecule has 0 radical (unpaired) electrons. The molecule has 39 heavy (non-hydrogen) atoms. The summed E-state index contributed by atoms with van der Waals surface area (Å²) in [6.07, 6.45) is 0.872. The molecule has 5 rings (SSSR count). The molecule has 0 bridgehead atoms. The van der Waals surface area contributed by atoms with E-state index in [1.807, 2.05) is 43.3 Å². The molecular formula is C28H29Cl2N5O4. The van der Waals surface area contributed by atoms with E-state index in [9.17, 15) is 9.59 Å². The second-order valence-electron chi connectivity index (χ2n) is 8.66. The number of H-pyrrole nitrogens is 1. The minimum Gasteiger partial charge on any atom is -0.496 e. The van der Waals surface area contributed by atoms with Crippen LogP contribution in [0.15, 0.2) is 65.7 Å². The molecule has 0 unspecified atom stereocenters. The van der Waals surface area contributed by atoms with Crippen molar-refractivity contribution >= 4 is 64.9 Å². The highest BCUT2D eigenvalue weighted by Gasteiger charge is 2.23. The minimum absolute atomic E-state index is 0. The molecule has 3 aromatic carbocycles. The lowest BCUT2D eigenvalue weighted by Gasteiger charge is -2.23. The minimum atomic E-state index is -0.366. The van der Waals surface area contributed by atoms with Gasteiger partial charge in [-0.3, -0.25) is 14.6 Å². The Morgan fingerprint density at radius 2 is 1.87 bits per heavy atom. The third kappa shape index (κ3) is 6.00. The van der Waals surface area contributed by atoms with Crippen molar-refractivity contribution in [2.24, 2.45) is 4.99 Å². The number of rotatable bonds is 6. The molecule has 1 aliphatic heterocycles. The van der Waals surface area contributed by atoms with E-state index in [4.69, 9.17) is 9.47 Å². The number of aromatic amines is 1. The van der Waals surface area contributed by atoms with Gasteiger partial charge in [-0.2, -0.15) is 0 Å². The maximum absolute atomic E-state index is 13.4. The summed E-state index contributed by atoms with van der Waals surface area (Å²) in [5.74, 6) is 0.953. The lowest BCUT2D eigenvalue weighted by atomic mass is 10.1. The number of hydrogen-bond acceptors (Lipinski definition) is 6. The van der Waals surface area contributed by atoms with E-state index >= 15 is 0 Å². The van der Waals surface area contributed by atoms with Gasteiger partial charge in [0.25, 0.3) is 11.8 Å². The molecule has 2 heterocycles. The van der Waals surface area contributed by atoms with Gasteiger partial charge in [0.15, 0.2) is 0 Å². The number of aliphatic imine (C=N–C) groups is 1. The number of benzene rings is 3. The number of carbonyl (C=O) groups is 2. The standard InChI is InChI=1S/C28H27N5O4.2ClH/c1-17-30-21-9-6-10-22(25(21)31-17)32-26(34)20-13-12-18(16-24(20)36-3)28(35)33(2)23-11-5-4-8-19(23)27-29-14-7-15-37-27;;/h4-6,8-13,16H,7,14-15H2,1-3H3,(H,30,31)(H,32,34);2*1H. The molecule has 4 aromatic rings. The van der Waals surface area contributed by atoms with Crippen LogP contribution in [-0.2, 0) is 4.74 Å². The molecule has 1 aliphatic rings. The number of fused-ring (bicyclic) bond motifs is 1. The largest absolute Gasteiger partial charge is 0.496 e. The number of halogens is 2. The van der Waals surface area contributed by atoms with Crippen LogP contribution in [0.25, 0.3) is 11.0 Å². The van der Waals surface area contributed by atoms with Crippen LogP contribution >= 0.6 is 24.8 Å². The zero-order chi connectivity index (χ0) is 25.9. The third-order valence-corrected chi connectivity index (χ3v) is 6.17. The van der Waals surface area contributed by atoms with Crippen molar-refractivity contribution in [3.63, 3.8) is 0 Å². The van der Waals surface area contributed by atoms with Crippen LogP contribution in [-0.4, -0.2) is 55.0 Å². The van der Waals surface area contributed by atoms with Gasteiger partial charge in [-0.15, -0.1) is 24.8 Å². The predicted octanol–water partition coefficient (Wildman–Crippen LogP) is 5.42. The number of hydrogen-bond donors (Lipinski definition) is 2. The van der Waals surface area contributed by atoms with Gasteiger partial charge < -0.3 is 24.7 Å². The van der Waals surface area contributed by atoms with Crippen molar-refractivity contribution in [2.75, 3.05) is 37.5 Å². The topological polar surface area (TPSA) is 109 Å². The summed E-state index contributed by atoms with van der Waals surface area (Å²) >= 11 is 0. The zero-order valence-corrected chi connectivity index (χ0v) is 23.3. The first-order valence-corrected chi connectivity index (χ1v) is 12.0. The first kappa shape index (κ1) is 29.5. The average Bonchev–Trinajstić information content (AvgIpc) is 3.33. The number of ether oxygens (including phenoxy) is 2. The number of nitrogens with one attached hydrogen (secondary N) is 2. The molecule has 0 aliphatic carbocycles. The van der Waals surface area contributed by atoms with Crippen LogP contribution in [0, 0.1) is 6.92 Å². The molecular weight excluding hydrogens is 541 g/mol. The monoisotopic (exact) mass is 569 g/mol. The van der Waals surface area contributed by atoms with Crippen LogP contribution in [0.2, 0.25) is 0 Å². The lowest BCUT2D eigenvalue weighted by molar-refractivity contribution is 0.0988. The van der Waals surface area contributed by atoms with E-state index in [0.717, 1.165) is 23.3 Å². The number of aromatic nitrogens is 2. The smallest absolute Gasteiger partial charge is 0.259 e. The SMILES string of the molecule is COc1cc(C(=O)N(C)c2ccccc2C2=NCCCO2)ccc1C(=O)Nc1cccc2[nH]c(C)nc12.Cl.Cl. The summed E-state index contributed by atoms with van der Waals surface area (Å²) in [6.45, 7) is 3.14. The zero-order valence-electron chi connectivity index (χ0n) is 21.7. The summed E-state index contributed by atoms with van der Waals surface area (Å²) in [5.41, 5.74) is 4.19. The van der Waals surface area contributed by atoms with Crippen molar-refractivity contribution in [2.45, 2.75) is 13.3 Å². The Bertz CT molecular complexity index is 1540. The fourth-order valence-corrected chi connectivity index (χ4v) is 4.33. The third-order valence-electron chi connectivity index (χ3n) is 6.17. The molecule has 9 nitrogen and oxygen atoms in total. The summed E-state index contributed by atoms with van der Waals surface area (Å²) < 4.78 is 11.2. The Balaban J connectivity index is 0.00000210. The summed E-state index contributed by atoms with van der Waals surface area (Å²) in [6, 6.07) is 17.8. The Hall–Kier alpha value is -4.08. The van der Waals surface area contributed by atoms with Crippen molar-refractivity contribution in [3.05, 3.63) is 83.2 Å². The molecule has 2 amide bonds. The number of carbonyl (C=O) groups excluding carboxylic acids is 2. The molecule has 2 N–H and O–H groups in total. The first-order valence-electron chi connectivity index (χ1n) is 12.0. The summed E-state index contributed by atoms with van der Waals surface area (Å²) in [5, 5.41) is 2.91. The van der Waals surface area contributed by atoms with Crippen molar-refractivity contribution in [3.8, 4) is 5.75 Å². The van der Waals surface area contributed by atoms with E-state index in [1.165, 1.54) is 7.11 Å². The Morgan fingerprint density at radius 1 is 1.08 bits per heavy atom. The van der Waals surface area contributed by atoms with E-state index < -0.39 is 0 Å². The number of aryl methyl sites for hydroxylation is 1. The number of methoxy groups -OCH3 is 1. The second kappa shape index (κ2) is 12.6. The molecule has 0 spiro atoms. The van der Waals surface area contributed by atoms with Gasteiger partial charge in [0, 0.05) is 25.6 Å². The van der Waals surface area contributed by atoms with Gasteiger partial charge in [-0.05, 0) is 49.4 Å². The van der Waals surface area contributed by atoms with Gasteiger partial charge in [0.2, 0.25) is 5.90 Å². The normalized spacial score (nSPS) is 12.3. The molecule has 0 atom stereocenters. The lowest BCUT2D eigenvalue weighted by Crippen LogP contribution is -2.29. The van der Waals surface area contributed by atoms with Crippen LogP contribution in [0.1, 0.15) is 38.5 Å². The van der Waals surface area contributed by atoms with Gasteiger partial charge in [-0.1, -0.05) is 18.2 Å². The molecule has 1 aromatic heterocycles. The first-order chi connectivity index (χ1) is 18.0. The van der Waals surface area contributed by atoms with Crippen molar-refractivity contribution in [1.82, 2.24) is 9.97 Å². The quantitative estimate of drug-likeness (QED) is 0.322. The van der Waals surface area contributed by atoms with Gasteiger partial charge in [-0.25, -0.2) is 4.98 Å². The van der Waals surface area contributed by atoms with Crippen molar-refractivity contribution < 1.29 is 19.1 Å². The van der Waals surface area contributed by atoms with Crippen LogP contribution < -0.4 is 15.0 Å². The number of anilines is 2. The highest BCUT2D eigenvalue weighted by atomic mass is 35.5. The van der Waals surface area contributed by atoms with E-state index in [2.05, 4.69) is 20.3 Å². The maximum Gasteiger partial charge on any atom is 0.259 e. The van der Waals surface area contributed by atoms with E-state index in [-0.39, 0.29) is 42.4 Å². The number of nitrogens with zero attached hydrogens (tertiary/aromatic N) is 3. The Labute approximate surface area is 238 Å². The van der Waals surface area contributed by atoms with Gasteiger partial charge in [0.05, 0.1) is 41.7 Å². The Kier molecular flexibility index (Phi) is 9.56. The highest BCUT2D eigenvalue weighted by molar-refractivity contribution is 6.12. The number of imidazole rings is 1. The van der Waals surface area contributed by atoms with E-state index in [1.54, 1.807) is 36.2 Å². The molecule has 204 valence electrons. The Morgan fingerprint density at radius 3 is 2.62 bits per heavy atom. The second-order valence-corrected chi connectivity index (χ2v) is 8.66. The van der Waals surface area contributed by atoms with Crippen molar-refractivity contribution in [1.29, 1.82) is 0 Å². The van der Waals surface area contributed by atoms with Gasteiger partial charge >= 0.3 is 0 Å². The van der Waals surface area contributed by atoms with E-state index in [0.29, 0.717) is 47.1 Å². The van der Waals surface area contributed by atoms with Crippen LogP contribution in [0.5, 0.6) is 5.75 Å². The van der Waals surface area contributed by atoms with Crippen LogP contribution in [0.4, 0.5) is 11.4 Å². The van der Waals surface area contributed by atoms with Crippen LogP contribution in [0.3, 0.4) is 0 Å². The average molecular weight is 570 g/mol. The molecule has 0 fully saturated rings. The highest BCUT2D eigenvalue weighted by Crippen LogP contribution is 2.28.